The summed E-state index contributed by atoms with van der Waals surface area (Å²) in [5.41, 5.74) is 5.83. The van der Waals surface area contributed by atoms with Gasteiger partial charge in [-0.05, 0) is 36.1 Å². The van der Waals surface area contributed by atoms with E-state index in [1.165, 1.54) is 29.5 Å². The number of nitrogens with one attached hydrogen (secondary N) is 3. The van der Waals surface area contributed by atoms with Crippen LogP contribution in [0.5, 0.6) is 0 Å². The lowest BCUT2D eigenvalue weighted by Gasteiger charge is -2.16. The molecule has 0 saturated heterocycles. The van der Waals surface area contributed by atoms with E-state index in [1.807, 2.05) is 11.4 Å². The highest BCUT2D eigenvalue weighted by Crippen LogP contribution is 2.21. The van der Waals surface area contributed by atoms with Crippen LogP contribution in [0.25, 0.3) is 0 Å². The van der Waals surface area contributed by atoms with Crippen molar-refractivity contribution in [1.29, 1.82) is 0 Å². The van der Waals surface area contributed by atoms with Crippen molar-refractivity contribution in [2.75, 3.05) is 13.1 Å². The maximum absolute atomic E-state index is 13.5. The van der Waals surface area contributed by atoms with Gasteiger partial charge in [-0.15, -0.1) is 11.3 Å². The molecule has 4 amide bonds. The second-order valence-corrected chi connectivity index (χ2v) is 6.83. The standard InChI is InChI=1S/C18H21FN4O3S/c1-11-4-5-12(9-13(11)19)17(25)22-7-6-21-16(24)10-14(23-18(20)26)15-3-2-8-27-15/h2-5,8-9,14H,6-7,10H2,1H3,(H,21,24)(H,22,25)(H3,20,23,26). The molecule has 0 fully saturated rings. The van der Waals surface area contributed by atoms with E-state index in [-0.39, 0.29) is 31.0 Å². The Kier molecular flexibility index (Phi) is 7.30. The van der Waals surface area contributed by atoms with Crippen LogP contribution in [0.4, 0.5) is 9.18 Å². The third-order valence-corrected chi connectivity index (χ3v) is 4.75. The van der Waals surface area contributed by atoms with Gasteiger partial charge in [0.05, 0.1) is 12.5 Å². The predicted octanol–water partition coefficient (Wildman–Crippen LogP) is 1.84. The van der Waals surface area contributed by atoms with Crippen molar-refractivity contribution < 1.29 is 18.8 Å². The van der Waals surface area contributed by atoms with E-state index < -0.39 is 23.8 Å². The lowest BCUT2D eigenvalue weighted by atomic mass is 10.1. The molecule has 9 heteroatoms. The van der Waals surface area contributed by atoms with E-state index in [2.05, 4.69) is 16.0 Å². The number of rotatable bonds is 8. The van der Waals surface area contributed by atoms with Crippen LogP contribution in [0.2, 0.25) is 0 Å². The van der Waals surface area contributed by atoms with Crippen molar-refractivity contribution in [3.63, 3.8) is 0 Å². The van der Waals surface area contributed by atoms with Crippen molar-refractivity contribution >= 4 is 29.2 Å². The first-order chi connectivity index (χ1) is 12.9. The maximum Gasteiger partial charge on any atom is 0.312 e. The maximum atomic E-state index is 13.5. The lowest BCUT2D eigenvalue weighted by Crippen LogP contribution is -2.38. The summed E-state index contributed by atoms with van der Waals surface area (Å²) in [4.78, 5) is 36.0. The number of carbonyl (C=O) groups excluding carboxylic acids is 3. The van der Waals surface area contributed by atoms with Gasteiger partial charge in [0.1, 0.15) is 5.82 Å². The summed E-state index contributed by atoms with van der Waals surface area (Å²) >= 11 is 1.41. The van der Waals surface area contributed by atoms with Gasteiger partial charge in [0.15, 0.2) is 0 Å². The molecule has 0 saturated carbocycles. The molecule has 0 spiro atoms. The number of benzene rings is 1. The first-order valence-electron chi connectivity index (χ1n) is 8.27. The zero-order chi connectivity index (χ0) is 19.8. The second kappa shape index (κ2) is 9.67. The molecule has 1 heterocycles. The number of thiophene rings is 1. The highest BCUT2D eigenvalue weighted by molar-refractivity contribution is 7.10. The van der Waals surface area contributed by atoms with E-state index in [0.29, 0.717) is 5.56 Å². The molecule has 5 N–H and O–H groups in total. The van der Waals surface area contributed by atoms with Gasteiger partial charge in [0.2, 0.25) is 5.91 Å². The Morgan fingerprint density at radius 1 is 1.19 bits per heavy atom. The molecule has 0 bridgehead atoms. The van der Waals surface area contributed by atoms with Gasteiger partial charge in [0, 0.05) is 23.5 Å². The van der Waals surface area contributed by atoms with Gasteiger partial charge in [-0.1, -0.05) is 12.1 Å². The molecule has 1 aromatic heterocycles. The molecule has 144 valence electrons. The van der Waals surface area contributed by atoms with Gasteiger partial charge >= 0.3 is 6.03 Å². The minimum atomic E-state index is -0.709. The topological polar surface area (TPSA) is 113 Å². The number of carbonyl (C=O) groups is 3. The summed E-state index contributed by atoms with van der Waals surface area (Å²) in [7, 11) is 0. The average Bonchev–Trinajstić information content (AvgIpc) is 3.14. The van der Waals surface area contributed by atoms with Gasteiger partial charge in [0.25, 0.3) is 5.91 Å². The van der Waals surface area contributed by atoms with Crippen LogP contribution in [0.1, 0.15) is 33.3 Å². The van der Waals surface area contributed by atoms with Crippen molar-refractivity contribution in [3.8, 4) is 0 Å². The Morgan fingerprint density at radius 3 is 2.56 bits per heavy atom. The number of aryl methyl sites for hydroxylation is 1. The summed E-state index contributed by atoms with van der Waals surface area (Å²) < 4.78 is 13.5. The monoisotopic (exact) mass is 392 g/mol. The molecular formula is C18H21FN4O3S. The Hall–Kier alpha value is -2.94. The first-order valence-corrected chi connectivity index (χ1v) is 9.15. The molecule has 1 aromatic carbocycles. The van der Waals surface area contributed by atoms with Crippen LogP contribution in [-0.2, 0) is 4.79 Å². The molecule has 7 nitrogen and oxygen atoms in total. The number of halogens is 1. The molecule has 1 unspecified atom stereocenters. The molecule has 0 radical (unpaired) electrons. The van der Waals surface area contributed by atoms with Crippen LogP contribution < -0.4 is 21.7 Å². The predicted molar refractivity (Wildman–Crippen MR) is 101 cm³/mol. The van der Waals surface area contributed by atoms with Crippen LogP contribution in [0, 0.1) is 12.7 Å². The molecule has 0 aliphatic rings. The van der Waals surface area contributed by atoms with Crippen LogP contribution in [-0.4, -0.2) is 30.9 Å². The molecule has 27 heavy (non-hydrogen) atoms. The Balaban J connectivity index is 1.77. The Morgan fingerprint density at radius 2 is 1.93 bits per heavy atom. The van der Waals surface area contributed by atoms with Crippen LogP contribution in [0.15, 0.2) is 35.7 Å². The van der Waals surface area contributed by atoms with Gasteiger partial charge in [-0.25, -0.2) is 9.18 Å². The average molecular weight is 392 g/mol. The summed E-state index contributed by atoms with van der Waals surface area (Å²) in [5, 5.41) is 9.64. The fourth-order valence-corrected chi connectivity index (χ4v) is 3.13. The van der Waals surface area contributed by atoms with Gasteiger partial charge in [-0.3, -0.25) is 9.59 Å². The summed E-state index contributed by atoms with van der Waals surface area (Å²) in [6, 6.07) is 6.64. The van der Waals surface area contributed by atoms with Crippen molar-refractivity contribution in [2.45, 2.75) is 19.4 Å². The number of urea groups is 1. The number of amides is 4. The third kappa shape index (κ3) is 6.37. The fraction of sp³-hybridized carbons (Fsp3) is 0.278. The summed E-state index contributed by atoms with van der Waals surface area (Å²) in [6.07, 6.45) is 0.0283. The van der Waals surface area contributed by atoms with Crippen molar-refractivity contribution in [2.24, 2.45) is 5.73 Å². The number of hydrogen-bond donors (Lipinski definition) is 4. The van der Waals surface area contributed by atoms with E-state index in [4.69, 9.17) is 5.73 Å². The molecular weight excluding hydrogens is 371 g/mol. The normalized spacial score (nSPS) is 11.5. The SMILES string of the molecule is Cc1ccc(C(=O)NCCNC(=O)CC(NC(N)=O)c2cccs2)cc1F. The highest BCUT2D eigenvalue weighted by atomic mass is 32.1. The van der Waals surface area contributed by atoms with E-state index in [0.717, 1.165) is 4.88 Å². The third-order valence-electron chi connectivity index (χ3n) is 3.76. The molecule has 0 aliphatic heterocycles. The van der Waals surface area contributed by atoms with Gasteiger partial charge < -0.3 is 21.7 Å². The Labute approximate surface area is 160 Å². The molecule has 2 aromatic rings. The van der Waals surface area contributed by atoms with Crippen LogP contribution in [0.3, 0.4) is 0 Å². The van der Waals surface area contributed by atoms with Crippen molar-refractivity contribution in [1.82, 2.24) is 16.0 Å². The second-order valence-electron chi connectivity index (χ2n) is 5.85. The quantitative estimate of drug-likeness (QED) is 0.514. The Bertz CT molecular complexity index is 811. The summed E-state index contributed by atoms with van der Waals surface area (Å²) in [6.45, 7) is 2.00. The highest BCUT2D eigenvalue weighted by Gasteiger charge is 2.18. The minimum Gasteiger partial charge on any atom is -0.354 e. The van der Waals surface area contributed by atoms with E-state index in [1.54, 1.807) is 13.0 Å². The lowest BCUT2D eigenvalue weighted by molar-refractivity contribution is -0.121. The summed E-state index contributed by atoms with van der Waals surface area (Å²) in [5.74, 6) is -1.16. The van der Waals surface area contributed by atoms with Crippen LogP contribution >= 0.6 is 11.3 Å². The number of nitrogens with two attached hydrogens (primary N) is 1. The molecule has 1 atom stereocenters. The van der Waals surface area contributed by atoms with Crippen molar-refractivity contribution in [3.05, 3.63) is 57.5 Å². The van der Waals surface area contributed by atoms with E-state index >= 15 is 0 Å². The zero-order valence-electron chi connectivity index (χ0n) is 14.8. The van der Waals surface area contributed by atoms with E-state index in [9.17, 15) is 18.8 Å². The number of hydrogen-bond acceptors (Lipinski definition) is 4. The number of primary amides is 1. The minimum absolute atomic E-state index is 0.0283. The largest absolute Gasteiger partial charge is 0.354 e. The fourth-order valence-electron chi connectivity index (χ4n) is 2.36. The zero-order valence-corrected chi connectivity index (χ0v) is 15.6. The molecule has 0 aliphatic carbocycles. The molecule has 2 rings (SSSR count). The van der Waals surface area contributed by atoms with Gasteiger partial charge in [-0.2, -0.15) is 0 Å². The first kappa shape index (κ1) is 20.4. The smallest absolute Gasteiger partial charge is 0.312 e.